The topological polar surface area (TPSA) is 49.5 Å². The molecule has 0 aliphatic rings. The zero-order valence-corrected chi connectivity index (χ0v) is 12.0. The molecule has 3 nitrogen and oxygen atoms in total. The Morgan fingerprint density at radius 3 is 2.50 bits per heavy atom. The average molecular weight is 250 g/mol. The molecule has 0 saturated heterocycles. The summed E-state index contributed by atoms with van der Waals surface area (Å²) in [5.41, 5.74) is 8.51. The van der Waals surface area contributed by atoms with Gasteiger partial charge >= 0.3 is 0 Å². The average Bonchev–Trinajstić information content (AvgIpc) is 2.36. The second-order valence-electron chi connectivity index (χ2n) is 5.64. The monoisotopic (exact) mass is 250 g/mol. The van der Waals surface area contributed by atoms with Gasteiger partial charge in [-0.05, 0) is 45.4 Å². The molecular weight excluding hydrogens is 224 g/mol. The maximum atomic E-state index is 9.32. The Morgan fingerprint density at radius 2 is 1.94 bits per heavy atom. The van der Waals surface area contributed by atoms with Gasteiger partial charge in [0.1, 0.15) is 0 Å². The van der Waals surface area contributed by atoms with E-state index in [1.165, 1.54) is 11.1 Å². The summed E-state index contributed by atoms with van der Waals surface area (Å²) in [5, 5.41) is 9.32. The third kappa shape index (κ3) is 3.80. The van der Waals surface area contributed by atoms with E-state index in [2.05, 4.69) is 24.0 Å². The van der Waals surface area contributed by atoms with E-state index in [1.54, 1.807) is 0 Å². The van der Waals surface area contributed by atoms with E-state index in [1.807, 2.05) is 33.0 Å². The van der Waals surface area contributed by atoms with Gasteiger partial charge in [-0.3, -0.25) is 4.90 Å². The number of hydrogen-bond donors (Lipinski definition) is 2. The van der Waals surface area contributed by atoms with Gasteiger partial charge in [0.2, 0.25) is 0 Å². The summed E-state index contributed by atoms with van der Waals surface area (Å²) in [5.74, 6) is 0. The highest BCUT2D eigenvalue weighted by Crippen LogP contribution is 2.20. The second-order valence-corrected chi connectivity index (χ2v) is 5.64. The molecule has 0 aliphatic carbocycles. The van der Waals surface area contributed by atoms with E-state index in [0.717, 1.165) is 13.0 Å². The fourth-order valence-electron chi connectivity index (χ4n) is 1.91. The number of aryl methyl sites for hydroxylation is 1. The highest BCUT2D eigenvalue weighted by Gasteiger charge is 2.22. The van der Waals surface area contributed by atoms with Crippen molar-refractivity contribution < 1.29 is 5.11 Å². The summed E-state index contributed by atoms with van der Waals surface area (Å²) in [6.07, 6.45) is 0.894. The molecule has 0 aromatic heterocycles. The van der Waals surface area contributed by atoms with Crippen LogP contribution in [-0.4, -0.2) is 35.7 Å². The van der Waals surface area contributed by atoms with Crippen molar-refractivity contribution in [3.63, 3.8) is 0 Å². The van der Waals surface area contributed by atoms with Gasteiger partial charge in [0.25, 0.3) is 0 Å². The van der Waals surface area contributed by atoms with Crippen LogP contribution in [0.25, 0.3) is 0 Å². The zero-order chi connectivity index (χ0) is 13.8. The van der Waals surface area contributed by atoms with Crippen molar-refractivity contribution in [3.05, 3.63) is 35.4 Å². The third-order valence-corrected chi connectivity index (χ3v) is 3.78. The fourth-order valence-corrected chi connectivity index (χ4v) is 1.91. The molecule has 0 amide bonds. The Bertz CT molecular complexity index is 377. The number of rotatable bonds is 6. The van der Waals surface area contributed by atoms with Crippen LogP contribution in [0.3, 0.4) is 0 Å². The number of aliphatic hydroxyl groups excluding tert-OH is 1. The molecule has 18 heavy (non-hydrogen) atoms. The predicted molar refractivity (Wildman–Crippen MR) is 76.5 cm³/mol. The first-order chi connectivity index (χ1) is 8.38. The van der Waals surface area contributed by atoms with E-state index < -0.39 is 0 Å². The largest absolute Gasteiger partial charge is 0.394 e. The van der Waals surface area contributed by atoms with Crippen LogP contribution in [-0.2, 0) is 0 Å². The lowest BCUT2D eigenvalue weighted by Crippen LogP contribution is -2.45. The standard InChI is InChI=1S/C15H26N2O/c1-12-7-5-6-8-13(12)14(16)9-10-17(4)15(2,3)11-18/h5-8,14,18H,9-11,16H2,1-4H3. The summed E-state index contributed by atoms with van der Waals surface area (Å²) < 4.78 is 0. The van der Waals surface area contributed by atoms with Crippen molar-refractivity contribution in [2.24, 2.45) is 5.73 Å². The van der Waals surface area contributed by atoms with E-state index in [-0.39, 0.29) is 18.2 Å². The molecule has 1 atom stereocenters. The Morgan fingerprint density at radius 1 is 1.33 bits per heavy atom. The smallest absolute Gasteiger partial charge is 0.0609 e. The van der Waals surface area contributed by atoms with Crippen LogP contribution in [0.2, 0.25) is 0 Å². The Labute approximate surface area is 111 Å². The third-order valence-electron chi connectivity index (χ3n) is 3.78. The van der Waals surface area contributed by atoms with Crippen LogP contribution in [0.1, 0.15) is 37.4 Å². The van der Waals surface area contributed by atoms with Gasteiger partial charge < -0.3 is 10.8 Å². The van der Waals surface area contributed by atoms with Crippen LogP contribution in [0.5, 0.6) is 0 Å². The van der Waals surface area contributed by atoms with Gasteiger partial charge in [-0.1, -0.05) is 24.3 Å². The first kappa shape index (κ1) is 15.2. The molecule has 0 fully saturated rings. The van der Waals surface area contributed by atoms with Crippen LogP contribution in [0.4, 0.5) is 0 Å². The van der Waals surface area contributed by atoms with Crippen LogP contribution < -0.4 is 5.73 Å². The van der Waals surface area contributed by atoms with Gasteiger partial charge in [-0.2, -0.15) is 0 Å². The van der Waals surface area contributed by atoms with Crippen molar-refractivity contribution in [3.8, 4) is 0 Å². The number of aliphatic hydroxyl groups is 1. The lowest BCUT2D eigenvalue weighted by molar-refractivity contribution is 0.0767. The lowest BCUT2D eigenvalue weighted by Gasteiger charge is -2.34. The van der Waals surface area contributed by atoms with Crippen molar-refractivity contribution in [2.45, 2.75) is 38.8 Å². The number of benzene rings is 1. The van der Waals surface area contributed by atoms with Crippen molar-refractivity contribution in [2.75, 3.05) is 20.2 Å². The maximum absolute atomic E-state index is 9.32. The number of nitrogens with zero attached hydrogens (tertiary/aromatic N) is 1. The van der Waals surface area contributed by atoms with Crippen LogP contribution >= 0.6 is 0 Å². The molecular formula is C15H26N2O. The number of hydrogen-bond acceptors (Lipinski definition) is 3. The molecule has 3 heteroatoms. The molecule has 1 aromatic carbocycles. The predicted octanol–water partition coefficient (Wildman–Crippen LogP) is 2.09. The molecule has 1 aromatic rings. The Balaban J connectivity index is 2.57. The number of nitrogens with two attached hydrogens (primary N) is 1. The summed E-state index contributed by atoms with van der Waals surface area (Å²) in [6.45, 7) is 7.20. The van der Waals surface area contributed by atoms with Gasteiger partial charge in [0, 0.05) is 18.1 Å². The summed E-state index contributed by atoms with van der Waals surface area (Å²) in [4.78, 5) is 2.16. The molecule has 0 saturated carbocycles. The van der Waals surface area contributed by atoms with Crippen molar-refractivity contribution in [1.82, 2.24) is 4.90 Å². The fraction of sp³-hybridized carbons (Fsp3) is 0.600. The molecule has 0 spiro atoms. The van der Waals surface area contributed by atoms with Gasteiger partial charge in [0.05, 0.1) is 6.61 Å². The minimum absolute atomic E-state index is 0.0585. The molecule has 0 radical (unpaired) electrons. The molecule has 102 valence electrons. The molecule has 3 N–H and O–H groups in total. The van der Waals surface area contributed by atoms with E-state index in [0.29, 0.717) is 0 Å². The van der Waals surface area contributed by atoms with E-state index in [4.69, 9.17) is 5.73 Å². The highest BCUT2D eigenvalue weighted by atomic mass is 16.3. The minimum atomic E-state index is -0.189. The zero-order valence-electron chi connectivity index (χ0n) is 12.0. The second kappa shape index (κ2) is 6.32. The summed E-state index contributed by atoms with van der Waals surface area (Å²) >= 11 is 0. The normalized spacial score (nSPS) is 13.9. The highest BCUT2D eigenvalue weighted by molar-refractivity contribution is 5.28. The minimum Gasteiger partial charge on any atom is -0.394 e. The summed E-state index contributed by atoms with van der Waals surface area (Å²) in [7, 11) is 2.03. The van der Waals surface area contributed by atoms with Gasteiger partial charge in [-0.15, -0.1) is 0 Å². The number of likely N-dealkylation sites (N-methyl/N-ethyl adjacent to an activating group) is 1. The van der Waals surface area contributed by atoms with Crippen LogP contribution in [0.15, 0.2) is 24.3 Å². The molecule has 0 aliphatic heterocycles. The first-order valence-corrected chi connectivity index (χ1v) is 6.51. The molecule has 0 heterocycles. The quantitative estimate of drug-likeness (QED) is 0.813. The molecule has 1 unspecified atom stereocenters. The lowest BCUT2D eigenvalue weighted by atomic mass is 9.98. The first-order valence-electron chi connectivity index (χ1n) is 6.51. The van der Waals surface area contributed by atoms with Crippen LogP contribution in [0, 0.1) is 6.92 Å². The van der Waals surface area contributed by atoms with Gasteiger partial charge in [0.15, 0.2) is 0 Å². The summed E-state index contributed by atoms with van der Waals surface area (Å²) in [6, 6.07) is 8.31. The van der Waals surface area contributed by atoms with Crippen molar-refractivity contribution >= 4 is 0 Å². The Kier molecular flexibility index (Phi) is 5.32. The Hall–Kier alpha value is -0.900. The van der Waals surface area contributed by atoms with E-state index >= 15 is 0 Å². The maximum Gasteiger partial charge on any atom is 0.0609 e. The van der Waals surface area contributed by atoms with Gasteiger partial charge in [-0.25, -0.2) is 0 Å². The molecule has 1 rings (SSSR count). The SMILES string of the molecule is Cc1ccccc1C(N)CCN(C)C(C)(C)CO. The van der Waals surface area contributed by atoms with E-state index in [9.17, 15) is 5.11 Å². The molecule has 0 bridgehead atoms. The van der Waals surface area contributed by atoms with Crippen molar-refractivity contribution in [1.29, 1.82) is 0 Å².